The Balaban J connectivity index is 1.69. The number of hydrazine groups is 1. The first-order chi connectivity index (χ1) is 7.73. The molecule has 2 aliphatic rings. The van der Waals surface area contributed by atoms with Gasteiger partial charge in [0.05, 0.1) is 0 Å². The quantitative estimate of drug-likeness (QED) is 0.599. The molecule has 0 spiro atoms. The molecule has 2 aliphatic carbocycles. The fraction of sp³-hybridized carbons (Fsp3) is 0.571. The zero-order valence-corrected chi connectivity index (χ0v) is 9.87. The fourth-order valence-electron chi connectivity index (χ4n) is 2.96. The monoisotopic (exact) mass is 216 g/mol. The molecule has 1 fully saturated rings. The van der Waals surface area contributed by atoms with Crippen molar-refractivity contribution in [2.45, 2.75) is 44.6 Å². The van der Waals surface area contributed by atoms with E-state index in [9.17, 15) is 0 Å². The van der Waals surface area contributed by atoms with Gasteiger partial charge in [-0.15, -0.1) is 0 Å². The summed E-state index contributed by atoms with van der Waals surface area (Å²) >= 11 is 0. The molecule has 0 radical (unpaired) electrons. The summed E-state index contributed by atoms with van der Waals surface area (Å²) in [6, 6.07) is 9.29. The van der Waals surface area contributed by atoms with Crippen molar-refractivity contribution >= 4 is 0 Å². The zero-order valence-electron chi connectivity index (χ0n) is 9.87. The lowest BCUT2D eigenvalue weighted by Gasteiger charge is -2.35. The Kier molecular flexibility index (Phi) is 2.30. The molecule has 0 heterocycles. The molecule has 2 heteroatoms. The van der Waals surface area contributed by atoms with Crippen LogP contribution in [0.15, 0.2) is 24.3 Å². The predicted molar refractivity (Wildman–Crippen MR) is 66.0 cm³/mol. The van der Waals surface area contributed by atoms with Gasteiger partial charge in [0.25, 0.3) is 0 Å². The molecule has 0 saturated heterocycles. The van der Waals surface area contributed by atoms with Crippen LogP contribution in [0.4, 0.5) is 0 Å². The smallest absolute Gasteiger partial charge is 0.0270 e. The van der Waals surface area contributed by atoms with E-state index in [1.807, 2.05) is 0 Å². The summed E-state index contributed by atoms with van der Waals surface area (Å²) in [5, 5.41) is 0. The molecule has 0 bridgehead atoms. The number of nitrogens with one attached hydrogen (secondary N) is 1. The van der Waals surface area contributed by atoms with Gasteiger partial charge < -0.3 is 0 Å². The second-order valence-corrected chi connectivity index (χ2v) is 5.71. The molecule has 1 aromatic rings. The van der Waals surface area contributed by atoms with Crippen molar-refractivity contribution < 1.29 is 0 Å². The molecule has 0 aliphatic heterocycles. The Hall–Kier alpha value is -0.860. The van der Waals surface area contributed by atoms with Crippen molar-refractivity contribution in [3.8, 4) is 0 Å². The second kappa shape index (κ2) is 3.57. The third-order valence-corrected chi connectivity index (χ3v) is 4.56. The molecule has 1 aromatic carbocycles. The summed E-state index contributed by atoms with van der Waals surface area (Å²) in [6.45, 7) is 2.35. The third kappa shape index (κ3) is 1.57. The third-order valence-electron chi connectivity index (χ3n) is 4.56. The number of hydrogen-bond acceptors (Lipinski definition) is 2. The van der Waals surface area contributed by atoms with Crippen molar-refractivity contribution in [3.05, 3.63) is 35.4 Å². The van der Waals surface area contributed by atoms with Gasteiger partial charge in [-0.2, -0.15) is 0 Å². The average molecular weight is 216 g/mol. The molecule has 3 N–H and O–H groups in total. The predicted octanol–water partition coefficient (Wildman–Crippen LogP) is 2.35. The van der Waals surface area contributed by atoms with Crippen molar-refractivity contribution in [2.75, 3.05) is 0 Å². The maximum absolute atomic E-state index is 5.70. The number of rotatable bonds is 4. The molecule has 2 nitrogen and oxygen atoms in total. The van der Waals surface area contributed by atoms with E-state index in [0.717, 1.165) is 5.92 Å². The summed E-state index contributed by atoms with van der Waals surface area (Å²) in [4.78, 5) is 0. The second-order valence-electron chi connectivity index (χ2n) is 5.71. The lowest BCUT2D eigenvalue weighted by atomic mass is 9.73. The van der Waals surface area contributed by atoms with Gasteiger partial charge in [0.15, 0.2) is 0 Å². The minimum absolute atomic E-state index is 0.472. The van der Waals surface area contributed by atoms with E-state index in [0.29, 0.717) is 11.5 Å². The molecule has 1 saturated carbocycles. The van der Waals surface area contributed by atoms with Crippen molar-refractivity contribution in [1.82, 2.24) is 5.43 Å². The van der Waals surface area contributed by atoms with Crippen LogP contribution in [0.25, 0.3) is 0 Å². The highest BCUT2D eigenvalue weighted by Gasteiger charge is 2.45. The van der Waals surface area contributed by atoms with Gasteiger partial charge in [-0.3, -0.25) is 11.3 Å². The fourth-order valence-corrected chi connectivity index (χ4v) is 2.96. The summed E-state index contributed by atoms with van der Waals surface area (Å²) in [5.41, 5.74) is 6.59. The van der Waals surface area contributed by atoms with Crippen LogP contribution in [0, 0.1) is 5.41 Å². The van der Waals surface area contributed by atoms with Crippen LogP contribution in [-0.4, -0.2) is 6.04 Å². The van der Waals surface area contributed by atoms with Crippen LogP contribution in [0.5, 0.6) is 0 Å². The molecule has 0 amide bonds. The van der Waals surface area contributed by atoms with Gasteiger partial charge >= 0.3 is 0 Å². The van der Waals surface area contributed by atoms with E-state index >= 15 is 0 Å². The average Bonchev–Trinajstić information content (AvgIpc) is 2.99. The van der Waals surface area contributed by atoms with Gasteiger partial charge in [0.2, 0.25) is 0 Å². The molecule has 3 rings (SSSR count). The number of nitrogens with two attached hydrogens (primary N) is 1. The Labute approximate surface area is 97.2 Å². The topological polar surface area (TPSA) is 38.0 Å². The van der Waals surface area contributed by atoms with E-state index in [2.05, 4.69) is 36.6 Å². The van der Waals surface area contributed by atoms with Gasteiger partial charge in [-0.25, -0.2) is 0 Å². The van der Waals surface area contributed by atoms with Gasteiger partial charge in [-0.1, -0.05) is 31.2 Å². The molecule has 2 atom stereocenters. The van der Waals surface area contributed by atoms with E-state index in [1.165, 1.54) is 31.2 Å². The van der Waals surface area contributed by atoms with Crippen molar-refractivity contribution in [3.63, 3.8) is 0 Å². The van der Waals surface area contributed by atoms with E-state index in [4.69, 9.17) is 5.84 Å². The Morgan fingerprint density at radius 1 is 1.44 bits per heavy atom. The first-order valence-electron chi connectivity index (χ1n) is 6.27. The van der Waals surface area contributed by atoms with Crippen LogP contribution in [0.2, 0.25) is 0 Å². The summed E-state index contributed by atoms with van der Waals surface area (Å²) in [6.07, 6.45) is 5.10. The highest BCUT2D eigenvalue weighted by Crippen LogP contribution is 2.51. The molecular formula is C14H20N2. The van der Waals surface area contributed by atoms with Gasteiger partial charge in [0.1, 0.15) is 0 Å². The maximum atomic E-state index is 5.70. The van der Waals surface area contributed by atoms with Crippen LogP contribution in [-0.2, 0) is 6.42 Å². The van der Waals surface area contributed by atoms with E-state index in [-0.39, 0.29) is 0 Å². The van der Waals surface area contributed by atoms with Crippen LogP contribution < -0.4 is 11.3 Å². The lowest BCUT2D eigenvalue weighted by molar-refractivity contribution is 0.311. The normalized spacial score (nSPS) is 26.8. The minimum atomic E-state index is 0.472. The first kappa shape index (κ1) is 10.3. The highest BCUT2D eigenvalue weighted by molar-refractivity contribution is 5.40. The summed E-state index contributed by atoms with van der Waals surface area (Å²) in [5.74, 6) is 6.43. The number of benzene rings is 1. The van der Waals surface area contributed by atoms with E-state index in [1.54, 1.807) is 5.56 Å². The SMILES string of the molecule is CC1(C(CC2Cc3ccccc32)NN)CC1. The molecule has 86 valence electrons. The minimum Gasteiger partial charge on any atom is -0.271 e. The molecule has 0 aromatic heterocycles. The summed E-state index contributed by atoms with van der Waals surface area (Å²) in [7, 11) is 0. The number of fused-ring (bicyclic) bond motifs is 1. The molecule has 2 unspecified atom stereocenters. The Morgan fingerprint density at radius 3 is 2.81 bits per heavy atom. The van der Waals surface area contributed by atoms with Crippen LogP contribution in [0.1, 0.15) is 43.2 Å². The molecule has 16 heavy (non-hydrogen) atoms. The largest absolute Gasteiger partial charge is 0.271 e. The first-order valence-corrected chi connectivity index (χ1v) is 6.27. The highest BCUT2D eigenvalue weighted by atomic mass is 15.2. The van der Waals surface area contributed by atoms with Gasteiger partial charge in [-0.05, 0) is 48.1 Å². The lowest BCUT2D eigenvalue weighted by Crippen LogP contribution is -2.43. The zero-order chi connectivity index (χ0) is 11.2. The number of hydrogen-bond donors (Lipinski definition) is 2. The Morgan fingerprint density at radius 2 is 2.19 bits per heavy atom. The maximum Gasteiger partial charge on any atom is 0.0270 e. The van der Waals surface area contributed by atoms with E-state index < -0.39 is 0 Å². The van der Waals surface area contributed by atoms with Crippen LogP contribution in [0.3, 0.4) is 0 Å². The molecular weight excluding hydrogens is 196 g/mol. The Bertz CT molecular complexity index is 395. The van der Waals surface area contributed by atoms with Crippen molar-refractivity contribution in [2.24, 2.45) is 11.3 Å². The standard InChI is InChI=1S/C14H20N2/c1-14(6-7-14)13(16-15)9-11-8-10-4-2-3-5-12(10)11/h2-5,11,13,16H,6-9,15H2,1H3. The summed E-state index contributed by atoms with van der Waals surface area (Å²) < 4.78 is 0. The van der Waals surface area contributed by atoms with Crippen molar-refractivity contribution in [1.29, 1.82) is 0 Å². The van der Waals surface area contributed by atoms with Crippen LogP contribution >= 0.6 is 0 Å². The van der Waals surface area contributed by atoms with Gasteiger partial charge in [0, 0.05) is 6.04 Å².